The fourth-order valence-electron chi connectivity index (χ4n) is 2.27. The van der Waals surface area contributed by atoms with Crippen molar-refractivity contribution in [1.29, 1.82) is 0 Å². The van der Waals surface area contributed by atoms with Crippen LogP contribution >= 0.6 is 55.2 Å². The normalized spacial score (nSPS) is 16.7. The van der Waals surface area contributed by atoms with E-state index in [2.05, 4.69) is 42.2 Å². The Bertz CT molecular complexity index is 991. The number of amides is 2. The molecule has 0 saturated carbocycles. The van der Waals surface area contributed by atoms with E-state index in [0.29, 0.717) is 26.8 Å². The van der Waals surface area contributed by atoms with Gasteiger partial charge in [-0.3, -0.25) is 9.59 Å². The molecule has 1 aliphatic rings. The van der Waals surface area contributed by atoms with Crippen LogP contribution in [-0.2, 0) is 4.79 Å². The van der Waals surface area contributed by atoms with Crippen molar-refractivity contribution in [2.24, 2.45) is 4.99 Å². The number of carbonyl (C=O) groups is 2. The second kappa shape index (κ2) is 8.60. The summed E-state index contributed by atoms with van der Waals surface area (Å²) in [5.74, 6) is -0.193. The van der Waals surface area contributed by atoms with Gasteiger partial charge in [0.25, 0.3) is 11.8 Å². The lowest BCUT2D eigenvalue weighted by molar-refractivity contribution is -0.115. The number of aliphatic imine (C=N–C) groups is 1. The van der Waals surface area contributed by atoms with Crippen LogP contribution in [0.3, 0.4) is 0 Å². The van der Waals surface area contributed by atoms with Gasteiger partial charge in [0, 0.05) is 20.6 Å². The Balaban J connectivity index is 1.86. The number of hydrogen-bond acceptors (Lipinski definition) is 4. The first-order chi connectivity index (χ1) is 12.9. The molecule has 2 aromatic carbocycles. The molecule has 2 aromatic rings. The predicted octanol–water partition coefficient (Wildman–Crippen LogP) is 5.27. The Kier molecular flexibility index (Phi) is 6.41. The smallest absolute Gasteiger partial charge is 0.279 e. The molecule has 1 fully saturated rings. The minimum atomic E-state index is -0.460. The highest BCUT2D eigenvalue weighted by atomic mass is 79.9. The zero-order valence-electron chi connectivity index (χ0n) is 13.8. The molecule has 5 nitrogen and oxygen atoms in total. The Morgan fingerprint density at radius 3 is 2.63 bits per heavy atom. The van der Waals surface area contributed by atoms with E-state index in [9.17, 15) is 9.59 Å². The standard InChI is InChI=1S/C18H11Br2ClN2O3S/c1-26-15-10(6-11(19)8-13(15)20)7-14-17(25)23-18(27-14)22-16(24)9-2-4-12(21)5-3-9/h2-8H,1H3,(H,22,23,24,25)/b14-7-. The number of nitrogens with one attached hydrogen (secondary N) is 1. The summed E-state index contributed by atoms with van der Waals surface area (Å²) in [4.78, 5) is 28.8. The number of amidine groups is 1. The first kappa shape index (κ1) is 20.1. The maximum atomic E-state index is 12.2. The molecule has 0 radical (unpaired) electrons. The summed E-state index contributed by atoms with van der Waals surface area (Å²) in [6.45, 7) is 0. The van der Waals surface area contributed by atoms with Crippen LogP contribution < -0.4 is 10.1 Å². The Hall–Kier alpha value is -1.61. The SMILES string of the molecule is COc1c(Br)cc(Br)cc1/C=C1\SC(=NC(=O)c2ccc(Cl)cc2)NC1=O. The van der Waals surface area contributed by atoms with Gasteiger partial charge in [-0.15, -0.1) is 0 Å². The van der Waals surface area contributed by atoms with E-state index < -0.39 is 5.91 Å². The lowest BCUT2D eigenvalue weighted by atomic mass is 10.2. The van der Waals surface area contributed by atoms with Gasteiger partial charge in [0.1, 0.15) is 5.75 Å². The van der Waals surface area contributed by atoms with Gasteiger partial charge in [-0.05, 0) is 70.2 Å². The fourth-order valence-corrected chi connectivity index (χ4v) is 4.63. The number of carbonyl (C=O) groups excluding carboxylic acids is 2. The van der Waals surface area contributed by atoms with E-state index >= 15 is 0 Å². The number of nitrogens with zero attached hydrogens (tertiary/aromatic N) is 1. The van der Waals surface area contributed by atoms with Crippen molar-refractivity contribution in [3.63, 3.8) is 0 Å². The molecule has 0 bridgehead atoms. The van der Waals surface area contributed by atoms with Gasteiger partial charge in [-0.1, -0.05) is 27.5 Å². The molecule has 1 aliphatic heterocycles. The van der Waals surface area contributed by atoms with E-state index in [-0.39, 0.29) is 11.1 Å². The Morgan fingerprint density at radius 2 is 1.96 bits per heavy atom. The molecule has 0 atom stereocenters. The highest BCUT2D eigenvalue weighted by Crippen LogP contribution is 2.36. The lowest BCUT2D eigenvalue weighted by Crippen LogP contribution is -2.20. The molecule has 9 heteroatoms. The Labute approximate surface area is 181 Å². The zero-order chi connectivity index (χ0) is 19.6. The monoisotopic (exact) mass is 528 g/mol. The minimum absolute atomic E-state index is 0.222. The fraction of sp³-hybridized carbons (Fsp3) is 0.0556. The van der Waals surface area contributed by atoms with Gasteiger partial charge in [-0.2, -0.15) is 4.99 Å². The molecule has 1 N–H and O–H groups in total. The summed E-state index contributed by atoms with van der Waals surface area (Å²) in [7, 11) is 1.55. The highest BCUT2D eigenvalue weighted by Gasteiger charge is 2.25. The van der Waals surface area contributed by atoms with Crippen LogP contribution in [0, 0.1) is 0 Å². The molecule has 0 unspecified atom stereocenters. The quantitative estimate of drug-likeness (QED) is 0.549. The van der Waals surface area contributed by atoms with Crippen molar-refractivity contribution < 1.29 is 14.3 Å². The molecule has 138 valence electrons. The largest absolute Gasteiger partial charge is 0.495 e. The zero-order valence-corrected chi connectivity index (χ0v) is 18.5. The topological polar surface area (TPSA) is 67.8 Å². The van der Waals surface area contributed by atoms with Crippen molar-refractivity contribution in [3.8, 4) is 5.75 Å². The number of rotatable bonds is 3. The van der Waals surface area contributed by atoms with E-state index in [0.717, 1.165) is 20.7 Å². The average Bonchev–Trinajstić information content (AvgIpc) is 2.94. The molecule has 1 heterocycles. The van der Waals surface area contributed by atoms with Gasteiger partial charge >= 0.3 is 0 Å². The van der Waals surface area contributed by atoms with Crippen LogP contribution in [0.5, 0.6) is 5.75 Å². The predicted molar refractivity (Wildman–Crippen MR) is 115 cm³/mol. The lowest BCUT2D eigenvalue weighted by Gasteiger charge is -2.08. The van der Waals surface area contributed by atoms with Crippen molar-refractivity contribution in [1.82, 2.24) is 5.32 Å². The summed E-state index contributed by atoms with van der Waals surface area (Å²) in [5, 5.41) is 3.35. The Morgan fingerprint density at radius 1 is 1.26 bits per heavy atom. The summed E-state index contributed by atoms with van der Waals surface area (Å²) in [6.07, 6.45) is 1.68. The molecular formula is C18H11Br2ClN2O3S. The van der Waals surface area contributed by atoms with E-state index in [1.807, 2.05) is 12.1 Å². The van der Waals surface area contributed by atoms with Gasteiger partial charge < -0.3 is 10.1 Å². The van der Waals surface area contributed by atoms with Crippen molar-refractivity contribution in [3.05, 3.63) is 66.4 Å². The summed E-state index contributed by atoms with van der Waals surface area (Å²) in [6, 6.07) is 10.1. The summed E-state index contributed by atoms with van der Waals surface area (Å²) < 4.78 is 6.97. The first-order valence-corrected chi connectivity index (χ1v) is 10.3. The molecule has 0 spiro atoms. The van der Waals surface area contributed by atoms with Gasteiger partial charge in [0.05, 0.1) is 16.5 Å². The number of hydrogen-bond donors (Lipinski definition) is 1. The summed E-state index contributed by atoms with van der Waals surface area (Å²) in [5.41, 5.74) is 1.10. The number of ether oxygens (including phenoxy) is 1. The van der Waals surface area contributed by atoms with Crippen LogP contribution in [-0.4, -0.2) is 24.1 Å². The molecule has 0 aliphatic carbocycles. The van der Waals surface area contributed by atoms with Crippen LogP contribution in [0.25, 0.3) is 6.08 Å². The third-order valence-corrected chi connectivity index (χ3v) is 5.68. The van der Waals surface area contributed by atoms with E-state index in [1.54, 1.807) is 37.5 Å². The van der Waals surface area contributed by atoms with Crippen molar-refractivity contribution >= 4 is 78.3 Å². The van der Waals surface area contributed by atoms with Gasteiger partial charge in [0.15, 0.2) is 5.17 Å². The maximum absolute atomic E-state index is 12.2. The van der Waals surface area contributed by atoms with Crippen LogP contribution in [0.4, 0.5) is 0 Å². The molecule has 2 amide bonds. The average molecular weight is 531 g/mol. The van der Waals surface area contributed by atoms with E-state index in [4.69, 9.17) is 16.3 Å². The van der Waals surface area contributed by atoms with Crippen LogP contribution in [0.15, 0.2) is 55.2 Å². The van der Waals surface area contributed by atoms with Gasteiger partial charge in [-0.25, -0.2) is 0 Å². The number of methoxy groups -OCH3 is 1. The number of halogens is 3. The molecule has 3 rings (SSSR count). The molecule has 27 heavy (non-hydrogen) atoms. The minimum Gasteiger partial charge on any atom is -0.495 e. The van der Waals surface area contributed by atoms with Crippen molar-refractivity contribution in [2.45, 2.75) is 0 Å². The second-order valence-electron chi connectivity index (χ2n) is 5.30. The van der Waals surface area contributed by atoms with Gasteiger partial charge in [0.2, 0.25) is 0 Å². The molecule has 1 saturated heterocycles. The maximum Gasteiger partial charge on any atom is 0.279 e. The first-order valence-electron chi connectivity index (χ1n) is 7.50. The van der Waals surface area contributed by atoms with Crippen molar-refractivity contribution in [2.75, 3.05) is 7.11 Å². The second-order valence-corrected chi connectivity index (χ2v) is 8.54. The van der Waals surface area contributed by atoms with E-state index in [1.165, 1.54) is 0 Å². The summed E-state index contributed by atoms with van der Waals surface area (Å²) >= 11 is 13.7. The highest BCUT2D eigenvalue weighted by molar-refractivity contribution is 9.11. The van der Waals surface area contributed by atoms with Crippen LogP contribution in [0.2, 0.25) is 5.02 Å². The number of thioether (sulfide) groups is 1. The molecular weight excluding hydrogens is 520 g/mol. The third kappa shape index (κ3) is 4.82. The number of benzene rings is 2. The molecule has 0 aromatic heterocycles. The third-order valence-electron chi connectivity index (χ3n) is 3.47. The van der Waals surface area contributed by atoms with Crippen LogP contribution in [0.1, 0.15) is 15.9 Å².